The number of benzene rings is 2. The summed E-state index contributed by atoms with van der Waals surface area (Å²) in [4.78, 5) is 6.37. The first-order valence-corrected chi connectivity index (χ1v) is 8.46. The van der Waals surface area contributed by atoms with E-state index in [9.17, 15) is 0 Å². The third-order valence-corrected chi connectivity index (χ3v) is 4.00. The first-order chi connectivity index (χ1) is 12.1. The molecule has 26 heavy (non-hydrogen) atoms. The van der Waals surface area contributed by atoms with Gasteiger partial charge in [-0.1, -0.05) is 24.3 Å². The van der Waals surface area contributed by atoms with Crippen molar-refractivity contribution >= 4 is 35.6 Å². The van der Waals surface area contributed by atoms with Gasteiger partial charge in [-0.15, -0.1) is 24.0 Å². The summed E-state index contributed by atoms with van der Waals surface area (Å²) in [7, 11) is 7.56. The Bertz CT molecular complexity index is 669. The number of rotatable bonds is 7. The fourth-order valence-corrected chi connectivity index (χ4v) is 2.44. The summed E-state index contributed by atoms with van der Waals surface area (Å²) in [5.74, 6) is 1.69. The molecule has 2 aromatic rings. The van der Waals surface area contributed by atoms with Crippen LogP contribution in [0.1, 0.15) is 11.1 Å². The highest BCUT2D eigenvalue weighted by molar-refractivity contribution is 14.0. The van der Waals surface area contributed by atoms with Gasteiger partial charge >= 0.3 is 0 Å². The van der Waals surface area contributed by atoms with Crippen LogP contribution in [0, 0.1) is 0 Å². The molecule has 0 heterocycles. The van der Waals surface area contributed by atoms with Gasteiger partial charge in [0.1, 0.15) is 5.75 Å². The van der Waals surface area contributed by atoms with E-state index < -0.39 is 0 Å². The second kappa shape index (κ2) is 11.6. The molecule has 2 N–H and O–H groups in total. The van der Waals surface area contributed by atoms with E-state index in [0.717, 1.165) is 31.2 Å². The molecule has 0 saturated heterocycles. The third-order valence-electron chi connectivity index (χ3n) is 4.00. The number of guanidine groups is 1. The standard InChI is InChI=1S/C20H28N4O.HI/c1-21-20(22-14-13-16-7-11-19(25-4)12-8-16)23-15-17-5-9-18(10-6-17)24(2)3;/h5-12H,13-15H2,1-4H3,(H2,21,22,23);1H. The third kappa shape index (κ3) is 7.11. The zero-order chi connectivity index (χ0) is 18.1. The molecule has 0 bridgehead atoms. The minimum Gasteiger partial charge on any atom is -0.497 e. The van der Waals surface area contributed by atoms with Crippen molar-refractivity contribution in [2.75, 3.05) is 39.7 Å². The van der Waals surface area contributed by atoms with Gasteiger partial charge in [-0.2, -0.15) is 0 Å². The lowest BCUT2D eigenvalue weighted by molar-refractivity contribution is 0.414. The van der Waals surface area contributed by atoms with Gasteiger partial charge in [0.05, 0.1) is 7.11 Å². The number of methoxy groups -OCH3 is 1. The van der Waals surface area contributed by atoms with E-state index in [2.05, 4.69) is 56.9 Å². The van der Waals surface area contributed by atoms with Crippen molar-refractivity contribution in [1.29, 1.82) is 0 Å². The molecule has 0 spiro atoms. The summed E-state index contributed by atoms with van der Waals surface area (Å²) in [5, 5.41) is 6.69. The summed E-state index contributed by atoms with van der Waals surface area (Å²) < 4.78 is 5.18. The molecular formula is C20H29IN4O. The van der Waals surface area contributed by atoms with Gasteiger partial charge in [-0.3, -0.25) is 4.99 Å². The number of hydrogen-bond donors (Lipinski definition) is 2. The Hall–Kier alpha value is -1.96. The first-order valence-electron chi connectivity index (χ1n) is 8.46. The fourth-order valence-electron chi connectivity index (χ4n) is 2.44. The van der Waals surface area contributed by atoms with Crippen LogP contribution in [0.15, 0.2) is 53.5 Å². The summed E-state index contributed by atoms with van der Waals surface area (Å²) >= 11 is 0. The van der Waals surface area contributed by atoms with Gasteiger partial charge < -0.3 is 20.3 Å². The molecule has 0 aliphatic rings. The predicted molar refractivity (Wildman–Crippen MR) is 121 cm³/mol. The normalized spacial score (nSPS) is 10.7. The van der Waals surface area contributed by atoms with Crippen LogP contribution >= 0.6 is 24.0 Å². The highest BCUT2D eigenvalue weighted by Gasteiger charge is 2.00. The topological polar surface area (TPSA) is 48.9 Å². The van der Waals surface area contributed by atoms with Gasteiger partial charge in [-0.25, -0.2) is 0 Å². The van der Waals surface area contributed by atoms with Crippen molar-refractivity contribution < 1.29 is 4.74 Å². The van der Waals surface area contributed by atoms with Gasteiger partial charge in [0.2, 0.25) is 0 Å². The number of hydrogen-bond acceptors (Lipinski definition) is 3. The molecule has 0 aliphatic carbocycles. The molecular weight excluding hydrogens is 439 g/mol. The monoisotopic (exact) mass is 468 g/mol. The lowest BCUT2D eigenvalue weighted by atomic mass is 10.1. The van der Waals surface area contributed by atoms with Crippen LogP contribution in [0.4, 0.5) is 5.69 Å². The SMILES string of the molecule is CN=C(NCCc1ccc(OC)cc1)NCc1ccc(N(C)C)cc1.I. The van der Waals surface area contributed by atoms with Crippen molar-refractivity contribution in [3.8, 4) is 5.75 Å². The maximum atomic E-state index is 5.18. The zero-order valence-electron chi connectivity index (χ0n) is 16.0. The van der Waals surface area contributed by atoms with Crippen molar-refractivity contribution in [3.63, 3.8) is 0 Å². The number of nitrogens with zero attached hydrogens (tertiary/aromatic N) is 2. The van der Waals surface area contributed by atoms with Gasteiger partial charge in [-0.05, 0) is 41.8 Å². The Morgan fingerprint density at radius 3 is 2.12 bits per heavy atom. The second-order valence-electron chi connectivity index (χ2n) is 6.01. The number of ether oxygens (including phenoxy) is 1. The van der Waals surface area contributed by atoms with Crippen LogP contribution in [0.2, 0.25) is 0 Å². The molecule has 142 valence electrons. The first kappa shape index (κ1) is 22.1. The fraction of sp³-hybridized carbons (Fsp3) is 0.350. The van der Waals surface area contributed by atoms with Crippen LogP contribution in [0.3, 0.4) is 0 Å². The second-order valence-corrected chi connectivity index (χ2v) is 6.01. The van der Waals surface area contributed by atoms with Crippen molar-refractivity contribution in [2.45, 2.75) is 13.0 Å². The van der Waals surface area contributed by atoms with Crippen LogP contribution in [-0.4, -0.2) is 40.8 Å². The average molecular weight is 468 g/mol. The quantitative estimate of drug-likeness (QED) is 0.372. The number of nitrogens with one attached hydrogen (secondary N) is 2. The van der Waals surface area contributed by atoms with Crippen LogP contribution in [-0.2, 0) is 13.0 Å². The maximum Gasteiger partial charge on any atom is 0.191 e. The largest absolute Gasteiger partial charge is 0.497 e. The summed E-state index contributed by atoms with van der Waals surface area (Å²) in [6.07, 6.45) is 0.933. The molecule has 0 saturated carbocycles. The van der Waals surface area contributed by atoms with E-state index in [1.165, 1.54) is 16.8 Å². The summed E-state index contributed by atoms with van der Waals surface area (Å²) in [6.45, 7) is 1.57. The zero-order valence-corrected chi connectivity index (χ0v) is 18.3. The lowest BCUT2D eigenvalue weighted by Gasteiger charge is -2.14. The van der Waals surface area contributed by atoms with Crippen LogP contribution in [0.5, 0.6) is 5.75 Å². The molecule has 0 atom stereocenters. The number of halogens is 1. The van der Waals surface area contributed by atoms with Gasteiger partial charge in [0, 0.05) is 39.9 Å². The molecule has 2 aromatic carbocycles. The minimum atomic E-state index is 0. The molecule has 6 heteroatoms. The molecule has 0 aliphatic heterocycles. The average Bonchev–Trinajstić information content (AvgIpc) is 2.65. The summed E-state index contributed by atoms with van der Waals surface area (Å²) in [5.41, 5.74) is 3.69. The smallest absolute Gasteiger partial charge is 0.191 e. The van der Waals surface area contributed by atoms with Crippen molar-refractivity contribution in [2.24, 2.45) is 4.99 Å². The lowest BCUT2D eigenvalue weighted by Crippen LogP contribution is -2.37. The Kier molecular flexibility index (Phi) is 9.87. The molecule has 5 nitrogen and oxygen atoms in total. The predicted octanol–water partition coefficient (Wildman–Crippen LogP) is 3.29. The molecule has 0 radical (unpaired) electrons. The molecule has 2 rings (SSSR count). The summed E-state index contributed by atoms with van der Waals surface area (Å²) in [6, 6.07) is 16.7. The number of aliphatic imine (C=N–C) groups is 1. The van der Waals surface area contributed by atoms with E-state index in [0.29, 0.717) is 0 Å². The van der Waals surface area contributed by atoms with E-state index in [1.54, 1.807) is 14.2 Å². The highest BCUT2D eigenvalue weighted by atomic mass is 127. The maximum absolute atomic E-state index is 5.18. The minimum absolute atomic E-state index is 0. The van der Waals surface area contributed by atoms with E-state index >= 15 is 0 Å². The molecule has 0 amide bonds. The van der Waals surface area contributed by atoms with Crippen molar-refractivity contribution in [3.05, 3.63) is 59.7 Å². The van der Waals surface area contributed by atoms with Crippen LogP contribution in [0.25, 0.3) is 0 Å². The van der Waals surface area contributed by atoms with Crippen molar-refractivity contribution in [1.82, 2.24) is 10.6 Å². The van der Waals surface area contributed by atoms with E-state index in [-0.39, 0.29) is 24.0 Å². The van der Waals surface area contributed by atoms with E-state index in [4.69, 9.17) is 4.74 Å². The Balaban J connectivity index is 0.00000338. The Morgan fingerprint density at radius 2 is 1.58 bits per heavy atom. The molecule has 0 unspecified atom stereocenters. The van der Waals surface area contributed by atoms with Gasteiger partial charge in [0.15, 0.2) is 5.96 Å². The molecule has 0 aromatic heterocycles. The van der Waals surface area contributed by atoms with Crippen LogP contribution < -0.4 is 20.3 Å². The molecule has 0 fully saturated rings. The number of anilines is 1. The Morgan fingerprint density at radius 1 is 0.962 bits per heavy atom. The Labute approximate surface area is 173 Å². The van der Waals surface area contributed by atoms with E-state index in [1.807, 2.05) is 26.2 Å². The highest BCUT2D eigenvalue weighted by Crippen LogP contribution is 2.12. The van der Waals surface area contributed by atoms with Gasteiger partial charge in [0.25, 0.3) is 0 Å².